The molecule has 0 bridgehead atoms. The molecule has 0 aromatic heterocycles. The maximum Gasteiger partial charge on any atom is 0.161 e. The molecule has 2 aliphatic carbocycles. The zero-order valence-corrected chi connectivity index (χ0v) is 12.8. The number of ketones is 1. The van der Waals surface area contributed by atoms with E-state index in [1.54, 1.807) is 0 Å². The predicted molar refractivity (Wildman–Crippen MR) is 81.8 cm³/mol. The molecule has 3 rings (SSSR count). The van der Waals surface area contributed by atoms with Crippen LogP contribution in [0.5, 0.6) is 11.5 Å². The Morgan fingerprint density at radius 3 is 2.38 bits per heavy atom. The summed E-state index contributed by atoms with van der Waals surface area (Å²) in [7, 11) is 0. The number of Topliss-reactive ketones (excluding diaryl/α,β-unsaturated/α-hetero) is 1. The van der Waals surface area contributed by atoms with Gasteiger partial charge in [0.05, 0.1) is 12.0 Å². The molecule has 3 nitrogen and oxygen atoms in total. The fourth-order valence-electron chi connectivity index (χ4n) is 3.71. The Labute approximate surface area is 126 Å². The van der Waals surface area contributed by atoms with Crippen LogP contribution < -0.4 is 9.47 Å². The summed E-state index contributed by atoms with van der Waals surface area (Å²) in [6, 6.07) is 7.78. The average molecular weight is 288 g/mol. The van der Waals surface area contributed by atoms with Gasteiger partial charge in [-0.1, -0.05) is 37.8 Å². The second-order valence-corrected chi connectivity index (χ2v) is 6.18. The van der Waals surface area contributed by atoms with E-state index in [9.17, 15) is 4.79 Å². The summed E-state index contributed by atoms with van der Waals surface area (Å²) in [5.41, 5.74) is -0.212. The van der Waals surface area contributed by atoms with Crippen LogP contribution in [0.15, 0.2) is 24.3 Å². The van der Waals surface area contributed by atoms with Gasteiger partial charge in [-0.05, 0) is 31.9 Å². The van der Waals surface area contributed by atoms with Crippen LogP contribution in [-0.2, 0) is 4.79 Å². The van der Waals surface area contributed by atoms with E-state index in [2.05, 4.69) is 0 Å². The molecule has 1 unspecified atom stereocenters. The highest BCUT2D eigenvalue weighted by Gasteiger charge is 2.55. The van der Waals surface area contributed by atoms with Gasteiger partial charge in [0.1, 0.15) is 11.9 Å². The van der Waals surface area contributed by atoms with Gasteiger partial charge in [0.25, 0.3) is 0 Å². The van der Waals surface area contributed by atoms with Crippen molar-refractivity contribution in [1.82, 2.24) is 0 Å². The number of carbonyl (C=O) groups excluding carboxylic acids is 1. The number of ether oxygens (including phenoxy) is 2. The third-order valence-electron chi connectivity index (χ3n) is 4.96. The van der Waals surface area contributed by atoms with Gasteiger partial charge in [-0.3, -0.25) is 4.79 Å². The molecule has 2 saturated carbocycles. The van der Waals surface area contributed by atoms with Crippen LogP contribution >= 0.6 is 0 Å². The van der Waals surface area contributed by atoms with Crippen molar-refractivity contribution in [2.75, 3.05) is 6.61 Å². The first-order valence-corrected chi connectivity index (χ1v) is 8.18. The zero-order valence-electron chi connectivity index (χ0n) is 12.8. The molecule has 21 heavy (non-hydrogen) atoms. The lowest BCUT2D eigenvalue weighted by Crippen LogP contribution is -2.56. The number of carbonyl (C=O) groups is 1. The standard InChI is InChI=1S/C18H24O3/c1-2-20-14-9-5-6-10-15(14)21-17-13-16(19)18(17)11-7-3-4-8-12-18/h5-6,9-10,17H,2-4,7-8,11-13H2,1H3. The Kier molecular flexibility index (Phi) is 4.18. The van der Waals surface area contributed by atoms with E-state index < -0.39 is 0 Å². The van der Waals surface area contributed by atoms with Crippen molar-refractivity contribution < 1.29 is 14.3 Å². The van der Waals surface area contributed by atoms with Gasteiger partial charge in [-0.15, -0.1) is 0 Å². The van der Waals surface area contributed by atoms with Gasteiger partial charge in [0, 0.05) is 6.42 Å². The van der Waals surface area contributed by atoms with Crippen molar-refractivity contribution in [1.29, 1.82) is 0 Å². The largest absolute Gasteiger partial charge is 0.490 e. The molecule has 2 fully saturated rings. The van der Waals surface area contributed by atoms with Crippen LogP contribution in [0.4, 0.5) is 0 Å². The van der Waals surface area contributed by atoms with Gasteiger partial charge >= 0.3 is 0 Å². The second-order valence-electron chi connectivity index (χ2n) is 6.18. The molecule has 2 aliphatic rings. The van der Waals surface area contributed by atoms with Crippen molar-refractivity contribution in [2.45, 2.75) is 58.0 Å². The number of rotatable bonds is 4. The minimum Gasteiger partial charge on any atom is -0.490 e. The molecule has 0 heterocycles. The Hall–Kier alpha value is -1.51. The lowest BCUT2D eigenvalue weighted by Gasteiger charge is -2.47. The molecule has 0 aliphatic heterocycles. The minimum atomic E-state index is -0.212. The van der Waals surface area contributed by atoms with Gasteiger partial charge in [0.2, 0.25) is 0 Å². The van der Waals surface area contributed by atoms with E-state index in [1.807, 2.05) is 31.2 Å². The molecule has 0 radical (unpaired) electrons. The summed E-state index contributed by atoms with van der Waals surface area (Å²) in [6.45, 7) is 2.59. The third-order valence-corrected chi connectivity index (χ3v) is 4.96. The predicted octanol–water partition coefficient (Wildman–Crippen LogP) is 4.15. The first kappa shape index (κ1) is 14.4. The van der Waals surface area contributed by atoms with E-state index >= 15 is 0 Å². The summed E-state index contributed by atoms with van der Waals surface area (Å²) >= 11 is 0. The summed E-state index contributed by atoms with van der Waals surface area (Å²) < 4.78 is 11.8. The van der Waals surface area contributed by atoms with Crippen molar-refractivity contribution in [3.05, 3.63) is 24.3 Å². The number of benzene rings is 1. The monoisotopic (exact) mass is 288 g/mol. The van der Waals surface area contributed by atoms with Gasteiger partial charge in [-0.25, -0.2) is 0 Å². The van der Waals surface area contributed by atoms with Crippen LogP contribution in [0.1, 0.15) is 51.9 Å². The molecule has 1 spiro atoms. The molecule has 114 valence electrons. The first-order chi connectivity index (χ1) is 10.3. The fourth-order valence-corrected chi connectivity index (χ4v) is 3.71. The topological polar surface area (TPSA) is 35.5 Å². The Morgan fingerprint density at radius 2 is 1.76 bits per heavy atom. The van der Waals surface area contributed by atoms with E-state index in [-0.39, 0.29) is 11.5 Å². The molecule has 1 aromatic rings. The Morgan fingerprint density at radius 1 is 1.10 bits per heavy atom. The smallest absolute Gasteiger partial charge is 0.161 e. The molecule has 0 amide bonds. The Balaban J connectivity index is 1.77. The molecular weight excluding hydrogens is 264 g/mol. The number of para-hydroxylation sites is 2. The van der Waals surface area contributed by atoms with E-state index in [1.165, 1.54) is 12.8 Å². The molecular formula is C18H24O3. The van der Waals surface area contributed by atoms with Crippen molar-refractivity contribution >= 4 is 5.78 Å². The van der Waals surface area contributed by atoms with Crippen LogP contribution in [0.2, 0.25) is 0 Å². The normalized spacial score (nSPS) is 24.2. The van der Waals surface area contributed by atoms with Crippen LogP contribution in [0.25, 0.3) is 0 Å². The lowest BCUT2D eigenvalue weighted by atomic mass is 9.60. The third kappa shape index (κ3) is 2.66. The summed E-state index contributed by atoms with van der Waals surface area (Å²) in [4.78, 5) is 12.3. The molecule has 3 heteroatoms. The van der Waals surface area contributed by atoms with E-state index in [0.717, 1.165) is 37.2 Å². The quantitative estimate of drug-likeness (QED) is 0.835. The van der Waals surface area contributed by atoms with E-state index in [4.69, 9.17) is 9.47 Å². The molecule has 1 aromatic carbocycles. The Bertz CT molecular complexity index is 501. The van der Waals surface area contributed by atoms with Crippen molar-refractivity contribution in [3.8, 4) is 11.5 Å². The first-order valence-electron chi connectivity index (χ1n) is 8.18. The second kappa shape index (κ2) is 6.08. The highest BCUT2D eigenvalue weighted by molar-refractivity contribution is 5.92. The van der Waals surface area contributed by atoms with Crippen LogP contribution in [-0.4, -0.2) is 18.5 Å². The van der Waals surface area contributed by atoms with Gasteiger partial charge < -0.3 is 9.47 Å². The van der Waals surface area contributed by atoms with Crippen LogP contribution in [0.3, 0.4) is 0 Å². The van der Waals surface area contributed by atoms with Gasteiger partial charge in [0.15, 0.2) is 11.5 Å². The fraction of sp³-hybridized carbons (Fsp3) is 0.611. The van der Waals surface area contributed by atoms with E-state index in [0.29, 0.717) is 18.8 Å². The highest BCUT2D eigenvalue weighted by atomic mass is 16.5. The van der Waals surface area contributed by atoms with Crippen molar-refractivity contribution in [3.63, 3.8) is 0 Å². The molecule has 0 N–H and O–H groups in total. The number of hydrogen-bond acceptors (Lipinski definition) is 3. The zero-order chi connectivity index (χ0) is 14.7. The SMILES string of the molecule is CCOc1ccccc1OC1CC(=O)C12CCCCCC2. The summed E-state index contributed by atoms with van der Waals surface area (Å²) in [5, 5.41) is 0. The van der Waals surface area contributed by atoms with Gasteiger partial charge in [-0.2, -0.15) is 0 Å². The van der Waals surface area contributed by atoms with Crippen molar-refractivity contribution in [2.24, 2.45) is 5.41 Å². The molecule has 0 saturated heterocycles. The highest BCUT2D eigenvalue weighted by Crippen LogP contribution is 2.50. The maximum absolute atomic E-state index is 12.3. The lowest BCUT2D eigenvalue weighted by molar-refractivity contribution is -0.154. The summed E-state index contributed by atoms with van der Waals surface area (Å²) in [6.07, 6.45) is 7.37. The average Bonchev–Trinajstić information content (AvgIpc) is 2.77. The number of hydrogen-bond donors (Lipinski definition) is 0. The maximum atomic E-state index is 12.3. The molecule has 1 atom stereocenters. The minimum absolute atomic E-state index is 0.0321. The van der Waals surface area contributed by atoms with Crippen LogP contribution in [0, 0.1) is 5.41 Å². The summed E-state index contributed by atoms with van der Waals surface area (Å²) in [5.74, 6) is 1.96.